The van der Waals surface area contributed by atoms with Crippen molar-refractivity contribution in [3.05, 3.63) is 46.2 Å². The number of likely N-dealkylation sites (tertiary alicyclic amines) is 1. The number of benzene rings is 1. The number of hydrogen-bond donors (Lipinski definition) is 1. The summed E-state index contributed by atoms with van der Waals surface area (Å²) in [5.74, 6) is -0.128. The molecule has 7 heteroatoms. The first-order valence-corrected chi connectivity index (χ1v) is 11.0. The highest BCUT2D eigenvalue weighted by molar-refractivity contribution is 5.97. The number of hydrogen-bond acceptors (Lipinski definition) is 4. The average molecular weight is 428 g/mol. The van der Waals surface area contributed by atoms with Gasteiger partial charge in [-0.05, 0) is 65.5 Å². The molecule has 1 aromatic carbocycles. The van der Waals surface area contributed by atoms with Gasteiger partial charge in [0, 0.05) is 42.8 Å². The number of pyridine rings is 1. The quantitative estimate of drug-likeness (QED) is 0.799. The van der Waals surface area contributed by atoms with E-state index < -0.39 is 5.60 Å². The molecule has 1 N–H and O–H groups in total. The molecule has 2 aromatic rings. The Bertz CT molecular complexity index is 1010. The van der Waals surface area contributed by atoms with E-state index in [1.807, 2.05) is 46.8 Å². The molecule has 1 aliphatic rings. The molecule has 1 aromatic heterocycles. The summed E-state index contributed by atoms with van der Waals surface area (Å²) in [5.41, 5.74) is 0.0624. The van der Waals surface area contributed by atoms with Gasteiger partial charge in [-0.15, -0.1) is 0 Å². The van der Waals surface area contributed by atoms with Crippen molar-refractivity contribution in [2.45, 2.75) is 59.1 Å². The van der Waals surface area contributed by atoms with Gasteiger partial charge in [0.05, 0.1) is 0 Å². The predicted molar refractivity (Wildman–Crippen MR) is 121 cm³/mol. The van der Waals surface area contributed by atoms with Crippen LogP contribution in [0.15, 0.2) is 35.3 Å². The van der Waals surface area contributed by atoms with Gasteiger partial charge in [0.2, 0.25) is 5.43 Å². The largest absolute Gasteiger partial charge is 0.444 e. The second kappa shape index (κ2) is 9.12. The van der Waals surface area contributed by atoms with Crippen LogP contribution in [-0.4, -0.2) is 58.1 Å². The Morgan fingerprint density at radius 1 is 1.26 bits per heavy atom. The zero-order valence-electron chi connectivity index (χ0n) is 19.1. The highest BCUT2D eigenvalue weighted by atomic mass is 16.6. The smallest absolute Gasteiger partial charge is 0.410 e. The number of aromatic amines is 1. The molecule has 1 fully saturated rings. The zero-order chi connectivity index (χ0) is 22.8. The Morgan fingerprint density at radius 2 is 1.97 bits per heavy atom. The van der Waals surface area contributed by atoms with Gasteiger partial charge in [-0.25, -0.2) is 4.79 Å². The third kappa shape index (κ3) is 5.46. The summed E-state index contributed by atoms with van der Waals surface area (Å²) >= 11 is 0. The molecule has 0 spiro atoms. The van der Waals surface area contributed by atoms with Crippen molar-refractivity contribution in [1.82, 2.24) is 14.8 Å². The topological polar surface area (TPSA) is 82.7 Å². The number of ether oxygens (including phenoxy) is 1. The second-order valence-electron chi connectivity index (χ2n) is 9.56. The van der Waals surface area contributed by atoms with Gasteiger partial charge in [0.25, 0.3) is 5.91 Å². The Hall–Kier alpha value is -2.83. The van der Waals surface area contributed by atoms with Crippen LogP contribution < -0.4 is 5.43 Å². The maximum Gasteiger partial charge on any atom is 0.410 e. The van der Waals surface area contributed by atoms with Crippen molar-refractivity contribution in [2.24, 2.45) is 5.92 Å². The van der Waals surface area contributed by atoms with Crippen LogP contribution in [0.25, 0.3) is 10.9 Å². The number of fused-ring (bicyclic) bond motifs is 1. The fourth-order valence-electron chi connectivity index (χ4n) is 3.99. The van der Waals surface area contributed by atoms with Crippen LogP contribution in [0.3, 0.4) is 0 Å². The Kier molecular flexibility index (Phi) is 6.72. The maximum absolute atomic E-state index is 13.2. The lowest BCUT2D eigenvalue weighted by molar-refractivity contribution is 0.0124. The molecule has 1 atom stereocenters. The summed E-state index contributed by atoms with van der Waals surface area (Å²) in [7, 11) is 0. The number of piperidine rings is 1. The molecular formula is C24H33N3O4. The van der Waals surface area contributed by atoms with E-state index in [9.17, 15) is 14.4 Å². The van der Waals surface area contributed by atoms with E-state index in [1.165, 1.54) is 6.20 Å². The van der Waals surface area contributed by atoms with E-state index in [4.69, 9.17) is 4.74 Å². The first kappa shape index (κ1) is 22.8. The van der Waals surface area contributed by atoms with Gasteiger partial charge in [-0.2, -0.15) is 0 Å². The molecule has 1 unspecified atom stereocenters. The Balaban J connectivity index is 1.74. The molecule has 168 valence electrons. The van der Waals surface area contributed by atoms with E-state index in [0.717, 1.165) is 12.8 Å². The fourth-order valence-corrected chi connectivity index (χ4v) is 3.99. The highest BCUT2D eigenvalue weighted by Gasteiger charge is 2.31. The summed E-state index contributed by atoms with van der Waals surface area (Å²) < 4.78 is 5.56. The van der Waals surface area contributed by atoms with Crippen molar-refractivity contribution in [3.63, 3.8) is 0 Å². The number of nitrogens with one attached hydrogen (secondary N) is 1. The maximum atomic E-state index is 13.2. The fraction of sp³-hybridized carbons (Fsp3) is 0.542. The number of amides is 2. The number of carbonyl (C=O) groups excluding carboxylic acids is 2. The number of para-hydroxylation sites is 1. The molecule has 7 nitrogen and oxygen atoms in total. The molecule has 1 aliphatic heterocycles. The van der Waals surface area contributed by atoms with Gasteiger partial charge >= 0.3 is 6.09 Å². The van der Waals surface area contributed by atoms with Crippen LogP contribution in [-0.2, 0) is 4.74 Å². The van der Waals surface area contributed by atoms with Crippen LogP contribution in [0.1, 0.15) is 57.8 Å². The van der Waals surface area contributed by atoms with Crippen LogP contribution in [0.2, 0.25) is 0 Å². The molecule has 2 heterocycles. The number of aromatic nitrogens is 1. The minimum atomic E-state index is -0.560. The van der Waals surface area contributed by atoms with Crippen molar-refractivity contribution >= 4 is 22.9 Å². The lowest BCUT2D eigenvalue weighted by Crippen LogP contribution is -2.48. The number of H-pyrrole nitrogens is 1. The molecule has 1 saturated heterocycles. The Labute approximate surface area is 183 Å². The molecule has 0 radical (unpaired) electrons. The number of nitrogens with zero attached hydrogens (tertiary/aromatic N) is 2. The van der Waals surface area contributed by atoms with E-state index in [-0.39, 0.29) is 35.0 Å². The molecule has 31 heavy (non-hydrogen) atoms. The van der Waals surface area contributed by atoms with E-state index in [2.05, 4.69) is 4.98 Å². The van der Waals surface area contributed by atoms with Gasteiger partial charge in [-0.1, -0.05) is 12.1 Å². The van der Waals surface area contributed by atoms with Gasteiger partial charge in [-0.3, -0.25) is 9.59 Å². The molecule has 0 saturated carbocycles. The molecule has 0 aliphatic carbocycles. The van der Waals surface area contributed by atoms with Crippen molar-refractivity contribution < 1.29 is 14.3 Å². The summed E-state index contributed by atoms with van der Waals surface area (Å²) in [5, 5.41) is 0.512. The third-order valence-corrected chi connectivity index (χ3v) is 5.53. The normalized spacial score (nSPS) is 17.1. The Morgan fingerprint density at radius 3 is 2.65 bits per heavy atom. The standard InChI is InChI=1S/C24H33N3O4/c1-16(2)27(23(30)31-24(3,4)5)15-17-9-8-12-26(14-17)22(29)19-13-25-20-11-7-6-10-18(20)21(19)28/h6-7,10-11,13,16-17H,8-9,12,14-15H2,1-5H3,(H,25,28). The first-order valence-electron chi connectivity index (χ1n) is 11.0. The minimum absolute atomic E-state index is 0.00994. The van der Waals surface area contributed by atoms with Gasteiger partial charge < -0.3 is 19.5 Å². The highest BCUT2D eigenvalue weighted by Crippen LogP contribution is 2.22. The van der Waals surface area contributed by atoms with E-state index in [1.54, 1.807) is 21.9 Å². The van der Waals surface area contributed by atoms with Crippen molar-refractivity contribution in [3.8, 4) is 0 Å². The predicted octanol–water partition coefficient (Wildman–Crippen LogP) is 4.03. The van der Waals surface area contributed by atoms with E-state index >= 15 is 0 Å². The summed E-state index contributed by atoms with van der Waals surface area (Å²) in [6.07, 6.45) is 2.93. The van der Waals surface area contributed by atoms with Crippen molar-refractivity contribution in [2.75, 3.05) is 19.6 Å². The van der Waals surface area contributed by atoms with Crippen LogP contribution in [0.4, 0.5) is 4.79 Å². The number of rotatable bonds is 4. The summed E-state index contributed by atoms with van der Waals surface area (Å²) in [4.78, 5) is 45.2. The van der Waals surface area contributed by atoms with Crippen LogP contribution >= 0.6 is 0 Å². The minimum Gasteiger partial charge on any atom is -0.444 e. The second-order valence-corrected chi connectivity index (χ2v) is 9.56. The SMILES string of the molecule is CC(C)N(CC1CCCN(C(=O)c2c[nH]c3ccccc3c2=O)C1)C(=O)OC(C)(C)C. The van der Waals surface area contributed by atoms with Crippen LogP contribution in [0.5, 0.6) is 0 Å². The summed E-state index contributed by atoms with van der Waals surface area (Å²) in [6, 6.07) is 7.18. The monoisotopic (exact) mass is 427 g/mol. The zero-order valence-corrected chi connectivity index (χ0v) is 19.1. The average Bonchev–Trinajstić information content (AvgIpc) is 2.70. The van der Waals surface area contributed by atoms with Gasteiger partial charge in [0.1, 0.15) is 11.2 Å². The molecule has 0 bridgehead atoms. The lowest BCUT2D eigenvalue weighted by atomic mass is 9.96. The molecule has 2 amide bonds. The first-order chi connectivity index (χ1) is 14.6. The van der Waals surface area contributed by atoms with Crippen molar-refractivity contribution in [1.29, 1.82) is 0 Å². The van der Waals surface area contributed by atoms with Gasteiger partial charge in [0.15, 0.2) is 0 Å². The summed E-state index contributed by atoms with van der Waals surface area (Å²) in [6.45, 7) is 11.1. The number of carbonyl (C=O) groups is 2. The molecular weight excluding hydrogens is 394 g/mol. The van der Waals surface area contributed by atoms with Crippen LogP contribution in [0, 0.1) is 5.92 Å². The lowest BCUT2D eigenvalue weighted by Gasteiger charge is -2.37. The van der Waals surface area contributed by atoms with E-state index in [0.29, 0.717) is 30.5 Å². The third-order valence-electron chi connectivity index (χ3n) is 5.53. The molecule has 3 rings (SSSR count).